The van der Waals surface area contributed by atoms with Gasteiger partial charge in [0.2, 0.25) is 0 Å². The quantitative estimate of drug-likeness (QED) is 0.722. The number of methoxy groups -OCH3 is 1. The number of ketones is 1. The van der Waals surface area contributed by atoms with Crippen LogP contribution in [-0.2, 0) is 20.7 Å². The van der Waals surface area contributed by atoms with E-state index in [1.807, 2.05) is 46.8 Å². The molecule has 0 spiro atoms. The lowest BCUT2D eigenvalue weighted by atomic mass is 9.82. The van der Waals surface area contributed by atoms with Gasteiger partial charge in [-0.2, -0.15) is 0 Å². The van der Waals surface area contributed by atoms with Gasteiger partial charge in [-0.05, 0) is 30.5 Å². The van der Waals surface area contributed by atoms with Gasteiger partial charge in [0, 0.05) is 5.41 Å². The highest BCUT2D eigenvalue weighted by Gasteiger charge is 2.32. The summed E-state index contributed by atoms with van der Waals surface area (Å²) in [5, 5.41) is 3.32. The first-order chi connectivity index (χ1) is 11.6. The fraction of sp³-hybridized carbons (Fsp3) is 0.600. The molecule has 5 heteroatoms. The average Bonchev–Trinajstić information content (AvgIpc) is 2.51. The molecule has 1 aromatic rings. The van der Waals surface area contributed by atoms with Gasteiger partial charge in [0.25, 0.3) is 0 Å². The second-order valence-electron chi connectivity index (χ2n) is 7.50. The van der Waals surface area contributed by atoms with Crippen LogP contribution in [0.25, 0.3) is 0 Å². The van der Waals surface area contributed by atoms with Crippen LogP contribution in [0, 0.1) is 11.3 Å². The van der Waals surface area contributed by atoms with Gasteiger partial charge in [-0.15, -0.1) is 0 Å². The molecule has 1 N–H and O–H groups in total. The fourth-order valence-corrected chi connectivity index (χ4v) is 2.53. The van der Waals surface area contributed by atoms with Gasteiger partial charge in [0.1, 0.15) is 5.75 Å². The number of rotatable bonds is 8. The second-order valence-corrected chi connectivity index (χ2v) is 7.50. The highest BCUT2D eigenvalue weighted by Crippen LogP contribution is 2.30. The monoisotopic (exact) mass is 349 g/mol. The van der Waals surface area contributed by atoms with Crippen LogP contribution >= 0.6 is 0 Å². The number of hydrogen-bond donors (Lipinski definition) is 1. The van der Waals surface area contributed by atoms with Crippen molar-refractivity contribution in [1.82, 2.24) is 0 Å². The lowest BCUT2D eigenvalue weighted by molar-refractivity contribution is -0.142. The third kappa shape index (κ3) is 6.07. The molecule has 0 aliphatic carbocycles. The van der Waals surface area contributed by atoms with Crippen molar-refractivity contribution >= 4 is 17.4 Å². The maximum absolute atomic E-state index is 12.8. The van der Waals surface area contributed by atoms with Crippen LogP contribution in [0.4, 0.5) is 5.69 Å². The summed E-state index contributed by atoms with van der Waals surface area (Å²) in [7, 11) is 1.58. The Morgan fingerprint density at radius 3 is 2.32 bits per heavy atom. The van der Waals surface area contributed by atoms with Crippen molar-refractivity contribution in [3.63, 3.8) is 0 Å². The number of benzene rings is 1. The Morgan fingerprint density at radius 1 is 1.20 bits per heavy atom. The number of carbonyl (C=O) groups is 2. The molecule has 0 radical (unpaired) electrons. The van der Waals surface area contributed by atoms with Crippen LogP contribution in [0.15, 0.2) is 18.2 Å². The summed E-state index contributed by atoms with van der Waals surface area (Å²) in [5.41, 5.74) is 1.07. The van der Waals surface area contributed by atoms with Crippen molar-refractivity contribution in [3.05, 3.63) is 23.8 Å². The van der Waals surface area contributed by atoms with E-state index in [-0.39, 0.29) is 30.1 Å². The minimum absolute atomic E-state index is 0.116. The first-order valence-electron chi connectivity index (χ1n) is 8.73. The molecule has 0 heterocycles. The molecular formula is C20H31NO4. The van der Waals surface area contributed by atoms with E-state index in [2.05, 4.69) is 5.32 Å². The Kier molecular flexibility index (Phi) is 7.46. The number of esters is 1. The van der Waals surface area contributed by atoms with E-state index in [1.54, 1.807) is 20.1 Å². The van der Waals surface area contributed by atoms with Crippen molar-refractivity contribution < 1.29 is 19.1 Å². The van der Waals surface area contributed by atoms with Crippen molar-refractivity contribution in [1.29, 1.82) is 0 Å². The molecule has 0 amide bonds. The van der Waals surface area contributed by atoms with Crippen LogP contribution in [0.5, 0.6) is 5.75 Å². The summed E-state index contributed by atoms with van der Waals surface area (Å²) in [6.07, 6.45) is 0.187. The molecule has 0 aliphatic rings. The van der Waals surface area contributed by atoms with E-state index >= 15 is 0 Å². The van der Waals surface area contributed by atoms with Crippen molar-refractivity contribution in [3.8, 4) is 5.75 Å². The summed E-state index contributed by atoms with van der Waals surface area (Å²) in [5.74, 6) is 0.621. The highest BCUT2D eigenvalue weighted by molar-refractivity contribution is 5.91. The summed E-state index contributed by atoms with van der Waals surface area (Å²) in [4.78, 5) is 24.5. The Labute approximate surface area is 151 Å². The molecule has 1 atom stereocenters. The molecule has 0 fully saturated rings. The van der Waals surface area contributed by atoms with Gasteiger partial charge in [-0.1, -0.05) is 40.7 Å². The molecule has 1 unspecified atom stereocenters. The molecule has 0 saturated carbocycles. The van der Waals surface area contributed by atoms with Gasteiger partial charge >= 0.3 is 5.97 Å². The van der Waals surface area contributed by atoms with E-state index in [4.69, 9.17) is 9.47 Å². The van der Waals surface area contributed by atoms with E-state index in [9.17, 15) is 9.59 Å². The van der Waals surface area contributed by atoms with E-state index in [1.165, 1.54) is 0 Å². The van der Waals surface area contributed by atoms with Crippen LogP contribution in [0.2, 0.25) is 0 Å². The largest absolute Gasteiger partial charge is 0.495 e. The van der Waals surface area contributed by atoms with Crippen LogP contribution in [0.1, 0.15) is 47.1 Å². The summed E-state index contributed by atoms with van der Waals surface area (Å²) in [6, 6.07) is 5.14. The fourth-order valence-electron chi connectivity index (χ4n) is 2.53. The summed E-state index contributed by atoms with van der Waals surface area (Å²) < 4.78 is 10.4. The third-order valence-corrected chi connectivity index (χ3v) is 3.92. The zero-order chi connectivity index (χ0) is 19.2. The van der Waals surface area contributed by atoms with Crippen molar-refractivity contribution in [2.45, 2.75) is 54.0 Å². The molecule has 25 heavy (non-hydrogen) atoms. The number of nitrogens with one attached hydrogen (secondary N) is 1. The van der Waals surface area contributed by atoms with E-state index < -0.39 is 5.41 Å². The first kappa shape index (κ1) is 21.0. The van der Waals surface area contributed by atoms with Gasteiger partial charge in [-0.3, -0.25) is 9.59 Å². The number of Topliss-reactive ketones (excluding diaryl/α,β-unsaturated/α-hetero) is 1. The minimum atomic E-state index is -0.447. The van der Waals surface area contributed by atoms with E-state index in [0.29, 0.717) is 18.0 Å². The molecule has 0 aliphatic heterocycles. The Morgan fingerprint density at radius 2 is 1.84 bits per heavy atom. The zero-order valence-corrected chi connectivity index (χ0v) is 16.4. The Hall–Kier alpha value is -2.04. The maximum atomic E-state index is 12.8. The Balaban J connectivity index is 3.11. The zero-order valence-electron chi connectivity index (χ0n) is 16.4. The third-order valence-electron chi connectivity index (χ3n) is 3.92. The number of ether oxygens (including phenoxy) is 2. The predicted octanol–water partition coefficient (Wildman–Crippen LogP) is 3.85. The molecule has 140 valence electrons. The van der Waals surface area contributed by atoms with Gasteiger partial charge < -0.3 is 14.8 Å². The van der Waals surface area contributed by atoms with Crippen LogP contribution < -0.4 is 10.1 Å². The summed E-state index contributed by atoms with van der Waals surface area (Å²) in [6.45, 7) is 11.9. The summed E-state index contributed by atoms with van der Waals surface area (Å²) >= 11 is 0. The minimum Gasteiger partial charge on any atom is -0.495 e. The average molecular weight is 349 g/mol. The molecular weight excluding hydrogens is 318 g/mol. The first-order valence-corrected chi connectivity index (χ1v) is 8.73. The number of carbonyl (C=O) groups excluding carboxylic acids is 2. The molecule has 0 saturated heterocycles. The normalized spacial score (nSPS) is 12.6. The molecule has 1 rings (SSSR count). The van der Waals surface area contributed by atoms with E-state index in [0.717, 1.165) is 5.56 Å². The van der Waals surface area contributed by atoms with Crippen molar-refractivity contribution in [2.75, 3.05) is 19.0 Å². The smallest absolute Gasteiger partial charge is 0.310 e. The molecule has 0 bridgehead atoms. The lowest BCUT2D eigenvalue weighted by Crippen LogP contribution is -2.41. The molecule has 5 nitrogen and oxygen atoms in total. The second kappa shape index (κ2) is 8.88. The maximum Gasteiger partial charge on any atom is 0.310 e. The number of anilines is 1. The topological polar surface area (TPSA) is 64.6 Å². The highest BCUT2D eigenvalue weighted by atomic mass is 16.5. The Bertz CT molecular complexity index is 602. The standard InChI is InChI=1S/C20H31NO4/c1-8-25-17(22)12-14-9-10-16(24-7)15(11-14)21-18(13(2)3)19(23)20(4,5)6/h9-11,13,18,21H,8,12H2,1-7H3. The SMILES string of the molecule is CCOC(=O)Cc1ccc(OC)c(NC(C(=O)C(C)(C)C)C(C)C)c1. The predicted molar refractivity (Wildman–Crippen MR) is 100 cm³/mol. The number of hydrogen-bond acceptors (Lipinski definition) is 5. The lowest BCUT2D eigenvalue weighted by Gasteiger charge is -2.29. The van der Waals surface area contributed by atoms with Gasteiger partial charge in [-0.25, -0.2) is 0 Å². The van der Waals surface area contributed by atoms with Crippen molar-refractivity contribution in [2.24, 2.45) is 11.3 Å². The van der Waals surface area contributed by atoms with Crippen LogP contribution in [-0.4, -0.2) is 31.5 Å². The van der Waals surface area contributed by atoms with Gasteiger partial charge in [0.05, 0.1) is 31.9 Å². The molecule has 1 aromatic carbocycles. The van der Waals surface area contributed by atoms with Gasteiger partial charge in [0.15, 0.2) is 5.78 Å². The molecule has 0 aromatic heterocycles. The van der Waals surface area contributed by atoms with Crippen LogP contribution in [0.3, 0.4) is 0 Å².